The number of nitrogens with two attached hydrogens (primary N) is 1. The molecule has 5 nitrogen and oxygen atoms in total. The average Bonchev–Trinajstić information content (AvgIpc) is 3.01. The topological polar surface area (TPSA) is 68.3 Å². The van der Waals surface area contributed by atoms with Crippen molar-refractivity contribution in [1.29, 1.82) is 0 Å². The molecule has 1 aliphatic heterocycles. The number of rotatable bonds is 5. The molecule has 1 atom stereocenters. The molecule has 1 saturated heterocycles. The Morgan fingerprint density at radius 2 is 2.10 bits per heavy atom. The first kappa shape index (κ1) is 14.1. The summed E-state index contributed by atoms with van der Waals surface area (Å²) in [6.07, 6.45) is 6.87. The molecular formula is C14H23N3O2S. The lowest BCUT2D eigenvalue weighted by atomic mass is 10.2. The summed E-state index contributed by atoms with van der Waals surface area (Å²) in [4.78, 5) is 0.421. The number of nitrogens with zero attached hydrogens (tertiary/aromatic N) is 2. The van der Waals surface area contributed by atoms with Crippen LogP contribution in [0.15, 0.2) is 17.2 Å². The molecule has 2 N–H and O–H groups in total. The van der Waals surface area contributed by atoms with Crippen molar-refractivity contribution in [3.8, 4) is 0 Å². The fourth-order valence-electron chi connectivity index (χ4n) is 3.16. The maximum atomic E-state index is 12.8. The van der Waals surface area contributed by atoms with Crippen molar-refractivity contribution in [3.05, 3.63) is 18.0 Å². The highest BCUT2D eigenvalue weighted by atomic mass is 32.2. The summed E-state index contributed by atoms with van der Waals surface area (Å²) in [5, 5.41) is 0. The Kier molecular flexibility index (Phi) is 3.64. The van der Waals surface area contributed by atoms with Gasteiger partial charge >= 0.3 is 0 Å². The molecule has 1 unspecified atom stereocenters. The van der Waals surface area contributed by atoms with Gasteiger partial charge in [0.2, 0.25) is 10.0 Å². The van der Waals surface area contributed by atoms with Crippen molar-refractivity contribution in [3.63, 3.8) is 0 Å². The largest absolute Gasteiger partial charge is 0.346 e. The van der Waals surface area contributed by atoms with Gasteiger partial charge in [-0.1, -0.05) is 6.92 Å². The summed E-state index contributed by atoms with van der Waals surface area (Å²) in [5.41, 5.74) is 6.68. The number of aromatic nitrogens is 1. The van der Waals surface area contributed by atoms with E-state index in [1.54, 1.807) is 16.6 Å². The van der Waals surface area contributed by atoms with Gasteiger partial charge in [0.1, 0.15) is 4.90 Å². The van der Waals surface area contributed by atoms with Crippen LogP contribution < -0.4 is 5.73 Å². The standard InChI is InChI=1S/C14H23N3O2S/c1-2-11-4-3-7-17(11)20(18,19)14-8-13(9-15)16(10-14)12-5-6-12/h8,10-12H,2-7,9,15H2,1H3. The second-order valence-corrected chi connectivity index (χ2v) is 7.72. The predicted octanol–water partition coefficient (Wildman–Crippen LogP) is 1.84. The van der Waals surface area contributed by atoms with Crippen molar-refractivity contribution in [1.82, 2.24) is 8.87 Å². The smallest absolute Gasteiger partial charge is 0.244 e. The molecule has 2 fully saturated rings. The van der Waals surface area contributed by atoms with Gasteiger partial charge in [-0.05, 0) is 38.2 Å². The Labute approximate surface area is 120 Å². The first-order valence-electron chi connectivity index (χ1n) is 7.50. The average molecular weight is 297 g/mol. The van der Waals surface area contributed by atoms with E-state index in [-0.39, 0.29) is 6.04 Å². The Balaban J connectivity index is 1.94. The summed E-state index contributed by atoms with van der Waals surface area (Å²) < 4.78 is 29.3. The third kappa shape index (κ3) is 2.29. The van der Waals surface area contributed by atoms with E-state index in [1.165, 1.54) is 0 Å². The summed E-state index contributed by atoms with van der Waals surface area (Å²) in [7, 11) is -3.36. The van der Waals surface area contributed by atoms with Gasteiger partial charge in [0, 0.05) is 37.1 Å². The summed E-state index contributed by atoms with van der Waals surface area (Å²) in [6.45, 7) is 3.09. The fourth-order valence-corrected chi connectivity index (χ4v) is 4.98. The zero-order chi connectivity index (χ0) is 14.3. The summed E-state index contributed by atoms with van der Waals surface area (Å²) >= 11 is 0. The van der Waals surface area contributed by atoms with E-state index in [2.05, 4.69) is 11.5 Å². The predicted molar refractivity (Wildman–Crippen MR) is 77.8 cm³/mol. The normalized spacial score (nSPS) is 24.4. The van der Waals surface area contributed by atoms with Gasteiger partial charge in [0.25, 0.3) is 0 Å². The van der Waals surface area contributed by atoms with Crippen molar-refractivity contribution < 1.29 is 8.42 Å². The molecule has 2 aliphatic rings. The van der Waals surface area contributed by atoms with Crippen LogP contribution >= 0.6 is 0 Å². The van der Waals surface area contributed by atoms with Gasteiger partial charge in [0.05, 0.1) is 0 Å². The van der Waals surface area contributed by atoms with Crippen LogP contribution in [0.5, 0.6) is 0 Å². The lowest BCUT2D eigenvalue weighted by Crippen LogP contribution is -2.34. The molecule has 6 heteroatoms. The second-order valence-electron chi connectivity index (χ2n) is 5.83. The molecule has 1 aromatic rings. The molecule has 0 spiro atoms. The lowest BCUT2D eigenvalue weighted by molar-refractivity contribution is 0.379. The summed E-state index contributed by atoms with van der Waals surface area (Å²) in [5.74, 6) is 0. The van der Waals surface area contributed by atoms with E-state index in [0.29, 0.717) is 24.0 Å². The van der Waals surface area contributed by atoms with Crippen molar-refractivity contribution in [2.24, 2.45) is 5.73 Å². The van der Waals surface area contributed by atoms with Crippen molar-refractivity contribution >= 4 is 10.0 Å². The Bertz CT molecular complexity index is 590. The van der Waals surface area contributed by atoms with Crippen LogP contribution in [0.25, 0.3) is 0 Å². The van der Waals surface area contributed by atoms with Gasteiger partial charge in [-0.3, -0.25) is 0 Å². The number of hydrogen-bond donors (Lipinski definition) is 1. The molecule has 112 valence electrons. The van der Waals surface area contributed by atoms with Crippen LogP contribution in [0.3, 0.4) is 0 Å². The molecule has 0 amide bonds. The molecule has 3 rings (SSSR count). The van der Waals surface area contributed by atoms with Gasteiger partial charge in [-0.15, -0.1) is 0 Å². The highest BCUT2D eigenvalue weighted by molar-refractivity contribution is 7.89. The Morgan fingerprint density at radius 1 is 1.35 bits per heavy atom. The zero-order valence-corrected chi connectivity index (χ0v) is 12.8. The molecule has 1 aromatic heterocycles. The van der Waals surface area contributed by atoms with Crippen LogP contribution in [0, 0.1) is 0 Å². The first-order valence-corrected chi connectivity index (χ1v) is 8.94. The van der Waals surface area contributed by atoms with Crippen LogP contribution in [-0.2, 0) is 16.6 Å². The monoisotopic (exact) mass is 297 g/mol. The molecule has 20 heavy (non-hydrogen) atoms. The SMILES string of the molecule is CCC1CCCN1S(=O)(=O)c1cc(CN)n(C2CC2)c1. The van der Waals surface area contributed by atoms with E-state index in [4.69, 9.17) is 5.73 Å². The maximum Gasteiger partial charge on any atom is 0.244 e. The van der Waals surface area contributed by atoms with E-state index in [9.17, 15) is 8.42 Å². The van der Waals surface area contributed by atoms with Crippen molar-refractivity contribution in [2.45, 2.75) is 62.6 Å². The second kappa shape index (κ2) is 5.16. The minimum Gasteiger partial charge on any atom is -0.346 e. The van der Waals surface area contributed by atoms with Crippen LogP contribution in [-0.4, -0.2) is 29.9 Å². The minimum atomic E-state index is -3.36. The summed E-state index contributed by atoms with van der Waals surface area (Å²) in [6, 6.07) is 2.38. The van der Waals surface area contributed by atoms with Gasteiger partial charge in [-0.25, -0.2) is 8.42 Å². The molecule has 0 bridgehead atoms. The van der Waals surface area contributed by atoms with E-state index >= 15 is 0 Å². The lowest BCUT2D eigenvalue weighted by Gasteiger charge is -2.22. The highest BCUT2D eigenvalue weighted by Crippen LogP contribution is 2.38. The minimum absolute atomic E-state index is 0.158. The number of hydrogen-bond acceptors (Lipinski definition) is 3. The Hall–Kier alpha value is -0.850. The zero-order valence-electron chi connectivity index (χ0n) is 12.0. The van der Waals surface area contributed by atoms with Crippen LogP contribution in [0.4, 0.5) is 0 Å². The maximum absolute atomic E-state index is 12.8. The Morgan fingerprint density at radius 3 is 2.70 bits per heavy atom. The third-order valence-electron chi connectivity index (χ3n) is 4.46. The first-order chi connectivity index (χ1) is 9.57. The molecule has 0 aromatic carbocycles. The van der Waals surface area contributed by atoms with Crippen LogP contribution in [0.2, 0.25) is 0 Å². The molecule has 1 aliphatic carbocycles. The fraction of sp³-hybridized carbons (Fsp3) is 0.714. The van der Waals surface area contributed by atoms with Crippen molar-refractivity contribution in [2.75, 3.05) is 6.54 Å². The highest BCUT2D eigenvalue weighted by Gasteiger charge is 2.36. The van der Waals surface area contributed by atoms with E-state index in [0.717, 1.165) is 37.8 Å². The van der Waals surface area contributed by atoms with Gasteiger partial charge < -0.3 is 10.3 Å². The van der Waals surface area contributed by atoms with Crippen LogP contribution in [0.1, 0.15) is 50.8 Å². The third-order valence-corrected chi connectivity index (χ3v) is 6.37. The van der Waals surface area contributed by atoms with E-state index < -0.39 is 10.0 Å². The van der Waals surface area contributed by atoms with Gasteiger partial charge in [0.15, 0.2) is 0 Å². The van der Waals surface area contributed by atoms with Gasteiger partial charge in [-0.2, -0.15) is 4.31 Å². The molecule has 2 heterocycles. The molecule has 1 saturated carbocycles. The molecule has 0 radical (unpaired) electrons. The quantitative estimate of drug-likeness (QED) is 0.901. The molecular weight excluding hydrogens is 274 g/mol. The van der Waals surface area contributed by atoms with E-state index in [1.807, 2.05) is 0 Å². The number of sulfonamides is 1.